The van der Waals surface area contributed by atoms with E-state index < -0.39 is 40.5 Å². The summed E-state index contributed by atoms with van der Waals surface area (Å²) in [5.74, 6) is -1.69. The standard InChI is InChI=1S/C25H19F4N5O2S2/c1-13-20(38-12-32-13)21(35)31-11-15-5-7-17(9-19(15)26)34-23(37)33(22(36)24(34,2)3)16-6-4-14(10-30)18(8-16)25(27,28)29/h4-9,12H,11H2,1-3H3,(H,31,35). The normalized spacial score (nSPS) is 15.1. The van der Waals surface area contributed by atoms with Crippen molar-refractivity contribution in [2.45, 2.75) is 39.0 Å². The van der Waals surface area contributed by atoms with Crippen molar-refractivity contribution in [3.8, 4) is 6.07 Å². The van der Waals surface area contributed by atoms with Crippen LogP contribution >= 0.6 is 23.6 Å². The number of alkyl halides is 3. The molecular weight excluding hydrogens is 542 g/mol. The minimum Gasteiger partial charge on any atom is -0.347 e. The number of aromatic nitrogens is 1. The lowest BCUT2D eigenvalue weighted by Crippen LogP contribution is -2.44. The quantitative estimate of drug-likeness (QED) is 0.335. The van der Waals surface area contributed by atoms with E-state index in [1.54, 1.807) is 6.92 Å². The number of hydrogen-bond donors (Lipinski definition) is 1. The van der Waals surface area contributed by atoms with Crippen LogP contribution in [0.5, 0.6) is 0 Å². The smallest absolute Gasteiger partial charge is 0.347 e. The van der Waals surface area contributed by atoms with Crippen molar-refractivity contribution in [2.75, 3.05) is 9.80 Å². The topological polar surface area (TPSA) is 89.3 Å². The Morgan fingerprint density at radius 1 is 1.21 bits per heavy atom. The Bertz CT molecular complexity index is 1510. The third-order valence-electron chi connectivity index (χ3n) is 6.04. The molecule has 1 fully saturated rings. The molecule has 0 unspecified atom stereocenters. The summed E-state index contributed by atoms with van der Waals surface area (Å²) in [5.41, 5.74) is -0.849. The maximum absolute atomic E-state index is 15.1. The molecule has 1 aliphatic rings. The van der Waals surface area contributed by atoms with Gasteiger partial charge in [-0.3, -0.25) is 14.5 Å². The molecule has 38 heavy (non-hydrogen) atoms. The maximum Gasteiger partial charge on any atom is 0.417 e. The molecule has 7 nitrogen and oxygen atoms in total. The summed E-state index contributed by atoms with van der Waals surface area (Å²) < 4.78 is 55.6. The van der Waals surface area contributed by atoms with Gasteiger partial charge < -0.3 is 10.2 Å². The molecule has 196 valence electrons. The fourth-order valence-corrected chi connectivity index (χ4v) is 5.29. The monoisotopic (exact) mass is 561 g/mol. The van der Waals surface area contributed by atoms with Crippen LogP contribution in [0.4, 0.5) is 28.9 Å². The lowest BCUT2D eigenvalue weighted by atomic mass is 10.0. The molecule has 1 N–H and O–H groups in total. The fraction of sp³-hybridized carbons (Fsp3) is 0.240. The number of amides is 2. The molecular formula is C25H19F4N5O2S2. The number of nitriles is 1. The average molecular weight is 562 g/mol. The van der Waals surface area contributed by atoms with E-state index >= 15 is 4.39 Å². The molecule has 13 heteroatoms. The number of nitrogens with one attached hydrogen (secondary N) is 1. The molecule has 2 aromatic carbocycles. The van der Waals surface area contributed by atoms with Gasteiger partial charge in [0.2, 0.25) is 0 Å². The summed E-state index contributed by atoms with van der Waals surface area (Å²) in [6, 6.07) is 8.45. The first kappa shape index (κ1) is 27.2. The lowest BCUT2D eigenvalue weighted by Gasteiger charge is -2.29. The number of aryl methyl sites for hydroxylation is 1. The van der Waals surface area contributed by atoms with E-state index in [9.17, 15) is 22.8 Å². The van der Waals surface area contributed by atoms with E-state index in [1.807, 2.05) is 0 Å². The Labute approximate surface area is 224 Å². The number of thiazole rings is 1. The highest BCUT2D eigenvalue weighted by atomic mass is 32.1. The third-order valence-corrected chi connectivity index (χ3v) is 7.33. The average Bonchev–Trinajstić information content (AvgIpc) is 3.35. The molecule has 1 aliphatic heterocycles. The summed E-state index contributed by atoms with van der Waals surface area (Å²) in [7, 11) is 0. The third kappa shape index (κ3) is 4.72. The Hall–Kier alpha value is -3.89. The van der Waals surface area contributed by atoms with Crippen LogP contribution in [0, 0.1) is 24.1 Å². The minimum atomic E-state index is -4.83. The number of rotatable bonds is 5. The highest BCUT2D eigenvalue weighted by Gasteiger charge is 2.50. The number of anilines is 2. The first-order valence-electron chi connectivity index (χ1n) is 11.0. The van der Waals surface area contributed by atoms with Gasteiger partial charge in [-0.2, -0.15) is 18.4 Å². The maximum atomic E-state index is 15.1. The summed E-state index contributed by atoms with van der Waals surface area (Å²) >= 11 is 6.64. The van der Waals surface area contributed by atoms with E-state index in [0.29, 0.717) is 16.6 Å². The second-order valence-corrected chi connectivity index (χ2v) is 10.1. The Morgan fingerprint density at radius 3 is 2.47 bits per heavy atom. The summed E-state index contributed by atoms with van der Waals surface area (Å²) in [6.07, 6.45) is -4.83. The zero-order valence-electron chi connectivity index (χ0n) is 20.2. The molecule has 0 spiro atoms. The van der Waals surface area contributed by atoms with Crippen molar-refractivity contribution in [3.63, 3.8) is 0 Å². The Kier molecular flexibility index (Phi) is 6.98. The van der Waals surface area contributed by atoms with E-state index in [2.05, 4.69) is 10.3 Å². The number of carbonyl (C=O) groups is 2. The van der Waals surface area contributed by atoms with Gasteiger partial charge in [0.1, 0.15) is 16.2 Å². The Morgan fingerprint density at radius 2 is 1.89 bits per heavy atom. The molecule has 0 bridgehead atoms. The van der Waals surface area contributed by atoms with Gasteiger partial charge in [-0.05, 0) is 63.3 Å². The van der Waals surface area contributed by atoms with E-state index in [4.69, 9.17) is 17.5 Å². The summed E-state index contributed by atoms with van der Waals surface area (Å²) in [6.45, 7) is 4.61. The molecule has 0 atom stereocenters. The largest absolute Gasteiger partial charge is 0.417 e. The van der Waals surface area contributed by atoms with Gasteiger partial charge in [-0.25, -0.2) is 9.37 Å². The van der Waals surface area contributed by atoms with Crippen LogP contribution in [0.3, 0.4) is 0 Å². The highest BCUT2D eigenvalue weighted by Crippen LogP contribution is 2.40. The summed E-state index contributed by atoms with van der Waals surface area (Å²) in [4.78, 5) is 32.4. The fourth-order valence-electron chi connectivity index (χ4n) is 4.05. The van der Waals surface area contributed by atoms with E-state index in [-0.39, 0.29) is 28.6 Å². The van der Waals surface area contributed by atoms with Gasteiger partial charge >= 0.3 is 6.18 Å². The first-order chi connectivity index (χ1) is 17.8. The minimum absolute atomic E-state index is 0.105. The van der Waals surface area contributed by atoms with Gasteiger partial charge in [0.05, 0.1) is 34.1 Å². The van der Waals surface area contributed by atoms with Crippen LogP contribution in [0.1, 0.15) is 45.9 Å². The number of hydrogen-bond acceptors (Lipinski definition) is 6. The lowest BCUT2D eigenvalue weighted by molar-refractivity contribution is -0.137. The second kappa shape index (κ2) is 9.77. The Balaban J connectivity index is 1.62. The highest BCUT2D eigenvalue weighted by molar-refractivity contribution is 7.81. The van der Waals surface area contributed by atoms with Gasteiger partial charge in [-0.15, -0.1) is 11.3 Å². The first-order valence-corrected chi connectivity index (χ1v) is 12.3. The van der Waals surface area contributed by atoms with Crippen molar-refractivity contribution < 1.29 is 27.2 Å². The number of halogens is 4. The SMILES string of the molecule is Cc1ncsc1C(=O)NCc1ccc(N2C(=S)N(c3ccc(C#N)c(C(F)(F)F)c3)C(=O)C2(C)C)cc1F. The number of thiocarbonyl (C=S) groups is 1. The van der Waals surface area contributed by atoms with Crippen LogP contribution < -0.4 is 15.1 Å². The predicted octanol–water partition coefficient (Wildman–Crippen LogP) is 5.33. The van der Waals surface area contributed by atoms with Crippen LogP contribution in [-0.4, -0.2) is 27.4 Å². The van der Waals surface area contributed by atoms with Crippen LogP contribution in [0.25, 0.3) is 0 Å². The molecule has 1 aromatic heterocycles. The van der Waals surface area contributed by atoms with Crippen molar-refractivity contribution in [3.05, 3.63) is 75.0 Å². The molecule has 1 saturated heterocycles. The van der Waals surface area contributed by atoms with Gasteiger partial charge in [0, 0.05) is 17.8 Å². The van der Waals surface area contributed by atoms with Gasteiger partial charge in [0.15, 0.2) is 5.11 Å². The van der Waals surface area contributed by atoms with Crippen LogP contribution in [0.15, 0.2) is 41.9 Å². The molecule has 2 heterocycles. The van der Waals surface area contributed by atoms with Crippen molar-refractivity contribution >= 4 is 51.9 Å². The molecule has 0 radical (unpaired) electrons. The predicted molar refractivity (Wildman–Crippen MR) is 137 cm³/mol. The molecule has 4 rings (SSSR count). The van der Waals surface area contributed by atoms with Gasteiger partial charge in [0.25, 0.3) is 11.8 Å². The zero-order valence-corrected chi connectivity index (χ0v) is 21.8. The molecule has 3 aromatic rings. The number of nitrogens with zero attached hydrogens (tertiary/aromatic N) is 4. The molecule has 0 saturated carbocycles. The number of benzene rings is 2. The van der Waals surface area contributed by atoms with Gasteiger partial charge in [-0.1, -0.05) is 6.07 Å². The number of carbonyl (C=O) groups excluding carboxylic acids is 2. The van der Waals surface area contributed by atoms with Crippen molar-refractivity contribution in [2.24, 2.45) is 0 Å². The second-order valence-electron chi connectivity index (χ2n) is 8.88. The van der Waals surface area contributed by atoms with Crippen molar-refractivity contribution in [1.29, 1.82) is 5.26 Å². The van der Waals surface area contributed by atoms with Crippen LogP contribution in [-0.2, 0) is 17.5 Å². The zero-order chi connectivity index (χ0) is 28.0. The molecule has 2 amide bonds. The summed E-state index contributed by atoms with van der Waals surface area (Å²) in [5, 5.41) is 11.5. The van der Waals surface area contributed by atoms with E-state index in [0.717, 1.165) is 17.0 Å². The van der Waals surface area contributed by atoms with Crippen LogP contribution in [0.2, 0.25) is 0 Å². The van der Waals surface area contributed by atoms with E-state index in [1.165, 1.54) is 59.9 Å². The molecule has 0 aliphatic carbocycles. The van der Waals surface area contributed by atoms with Crippen molar-refractivity contribution in [1.82, 2.24) is 10.3 Å².